The van der Waals surface area contributed by atoms with Crippen LogP contribution in [0.4, 0.5) is 5.82 Å². The van der Waals surface area contributed by atoms with Crippen LogP contribution in [0.3, 0.4) is 0 Å². The van der Waals surface area contributed by atoms with E-state index >= 15 is 0 Å². The number of H-pyrrole nitrogens is 1. The van der Waals surface area contributed by atoms with Gasteiger partial charge in [0.05, 0.1) is 13.1 Å². The summed E-state index contributed by atoms with van der Waals surface area (Å²) >= 11 is 0. The minimum atomic E-state index is 1.16. The molecule has 3 aromatic rings. The van der Waals surface area contributed by atoms with E-state index in [1.165, 1.54) is 47.1 Å². The van der Waals surface area contributed by atoms with E-state index in [4.69, 9.17) is 0 Å². The second-order valence-corrected chi connectivity index (χ2v) is 6.03. The van der Waals surface area contributed by atoms with Crippen LogP contribution in [0.15, 0.2) is 60.7 Å². The number of benzene rings is 2. The first kappa shape index (κ1) is 13.3. The van der Waals surface area contributed by atoms with Crippen LogP contribution in [0.1, 0.15) is 19.3 Å². The van der Waals surface area contributed by atoms with Crippen molar-refractivity contribution in [3.63, 3.8) is 0 Å². The monoisotopic (exact) mass is 289 g/mol. The van der Waals surface area contributed by atoms with Crippen LogP contribution in [-0.2, 0) is 0 Å². The third-order valence-corrected chi connectivity index (χ3v) is 4.54. The first-order valence-corrected chi connectivity index (χ1v) is 8.17. The number of hydrogen-bond acceptors (Lipinski definition) is 1. The SMILES string of the molecule is c1ccc(-c2cc(N3CCCCC3)[nH+]c3ccccc23)cc1. The molecule has 2 nitrogen and oxygen atoms in total. The van der Waals surface area contributed by atoms with Gasteiger partial charge in [0.1, 0.15) is 5.52 Å². The second kappa shape index (κ2) is 5.80. The number of piperidine rings is 1. The fourth-order valence-corrected chi connectivity index (χ4v) is 3.38. The van der Waals surface area contributed by atoms with Gasteiger partial charge in [0.15, 0.2) is 0 Å². The van der Waals surface area contributed by atoms with Crippen LogP contribution in [0.2, 0.25) is 0 Å². The Hall–Kier alpha value is -2.35. The molecule has 1 saturated heterocycles. The first-order valence-electron chi connectivity index (χ1n) is 8.17. The molecule has 0 atom stereocenters. The van der Waals surface area contributed by atoms with Gasteiger partial charge in [-0.1, -0.05) is 48.5 Å². The normalized spacial score (nSPS) is 15.2. The van der Waals surface area contributed by atoms with Crippen molar-refractivity contribution >= 4 is 16.7 Å². The summed E-state index contributed by atoms with van der Waals surface area (Å²) in [6.07, 6.45) is 3.94. The molecule has 1 aromatic heterocycles. The Balaban J connectivity index is 1.89. The van der Waals surface area contributed by atoms with E-state index < -0.39 is 0 Å². The van der Waals surface area contributed by atoms with Crippen LogP contribution >= 0.6 is 0 Å². The molecule has 0 saturated carbocycles. The van der Waals surface area contributed by atoms with Crippen molar-refractivity contribution in [3.8, 4) is 11.1 Å². The van der Waals surface area contributed by atoms with Crippen molar-refractivity contribution in [1.29, 1.82) is 0 Å². The highest BCUT2D eigenvalue weighted by Gasteiger charge is 2.21. The van der Waals surface area contributed by atoms with Gasteiger partial charge in [-0.25, -0.2) is 4.98 Å². The molecule has 0 aliphatic carbocycles. The Morgan fingerprint density at radius 3 is 2.32 bits per heavy atom. The fourth-order valence-electron chi connectivity index (χ4n) is 3.38. The van der Waals surface area contributed by atoms with Crippen LogP contribution in [0.25, 0.3) is 22.0 Å². The van der Waals surface area contributed by atoms with E-state index in [0.29, 0.717) is 0 Å². The minimum Gasteiger partial charge on any atom is -0.262 e. The molecule has 2 aromatic carbocycles. The zero-order valence-corrected chi connectivity index (χ0v) is 12.8. The lowest BCUT2D eigenvalue weighted by Gasteiger charge is -2.22. The topological polar surface area (TPSA) is 17.4 Å². The number of anilines is 1. The molecule has 0 radical (unpaired) electrons. The van der Waals surface area contributed by atoms with Gasteiger partial charge in [-0.2, -0.15) is 0 Å². The summed E-state index contributed by atoms with van der Waals surface area (Å²) in [5, 5.41) is 1.29. The molecule has 0 spiro atoms. The molecular formula is C20H21N2+. The van der Waals surface area contributed by atoms with E-state index in [9.17, 15) is 0 Å². The van der Waals surface area contributed by atoms with Gasteiger partial charge < -0.3 is 0 Å². The van der Waals surface area contributed by atoms with Crippen molar-refractivity contribution in [2.24, 2.45) is 0 Å². The van der Waals surface area contributed by atoms with Crippen LogP contribution in [-0.4, -0.2) is 13.1 Å². The number of para-hydroxylation sites is 1. The van der Waals surface area contributed by atoms with E-state index in [2.05, 4.69) is 70.5 Å². The molecule has 0 unspecified atom stereocenters. The summed E-state index contributed by atoms with van der Waals surface area (Å²) in [7, 11) is 0. The number of pyridine rings is 1. The van der Waals surface area contributed by atoms with E-state index in [-0.39, 0.29) is 0 Å². The van der Waals surface area contributed by atoms with Gasteiger partial charge in [-0.15, -0.1) is 0 Å². The fraction of sp³-hybridized carbons (Fsp3) is 0.250. The third kappa shape index (κ3) is 2.45. The Labute approximate surface area is 131 Å². The lowest BCUT2D eigenvalue weighted by molar-refractivity contribution is -0.330. The Kier molecular flexibility index (Phi) is 3.51. The van der Waals surface area contributed by atoms with Gasteiger partial charge in [0.2, 0.25) is 0 Å². The molecule has 110 valence electrons. The highest BCUT2D eigenvalue weighted by molar-refractivity contribution is 5.93. The molecule has 22 heavy (non-hydrogen) atoms. The number of aromatic amines is 1. The van der Waals surface area contributed by atoms with Crippen molar-refractivity contribution in [2.45, 2.75) is 19.3 Å². The highest BCUT2D eigenvalue weighted by atomic mass is 15.2. The molecule has 1 N–H and O–H groups in total. The Morgan fingerprint density at radius 2 is 1.50 bits per heavy atom. The number of aromatic nitrogens is 1. The number of rotatable bonds is 2. The first-order chi connectivity index (χ1) is 10.9. The maximum absolute atomic E-state index is 3.63. The molecule has 1 aliphatic rings. The quantitative estimate of drug-likeness (QED) is 0.687. The molecular weight excluding hydrogens is 268 g/mol. The van der Waals surface area contributed by atoms with Crippen LogP contribution < -0.4 is 9.88 Å². The summed E-state index contributed by atoms with van der Waals surface area (Å²) in [6, 6.07) is 21.6. The van der Waals surface area contributed by atoms with Crippen molar-refractivity contribution in [2.75, 3.05) is 18.0 Å². The van der Waals surface area contributed by atoms with Crippen molar-refractivity contribution in [3.05, 3.63) is 60.7 Å². The summed E-state index contributed by atoms with van der Waals surface area (Å²) in [4.78, 5) is 6.12. The Bertz CT molecular complexity index is 774. The minimum absolute atomic E-state index is 1.16. The third-order valence-electron chi connectivity index (χ3n) is 4.54. The van der Waals surface area contributed by atoms with E-state index in [1.807, 2.05) is 0 Å². The molecule has 2 heteroatoms. The van der Waals surface area contributed by atoms with Gasteiger partial charge in [-0.3, -0.25) is 4.90 Å². The number of nitrogens with one attached hydrogen (secondary N) is 1. The summed E-state index contributed by atoms with van der Waals surface area (Å²) in [6.45, 7) is 2.31. The molecule has 1 fully saturated rings. The average Bonchev–Trinajstić information content (AvgIpc) is 2.62. The molecule has 1 aliphatic heterocycles. The molecule has 0 bridgehead atoms. The summed E-state index contributed by atoms with van der Waals surface area (Å²) in [5.41, 5.74) is 3.81. The number of fused-ring (bicyclic) bond motifs is 1. The average molecular weight is 289 g/mol. The number of hydrogen-bond donors (Lipinski definition) is 0. The summed E-state index contributed by atoms with van der Waals surface area (Å²) in [5.74, 6) is 1.25. The van der Waals surface area contributed by atoms with E-state index in [1.54, 1.807) is 0 Å². The predicted molar refractivity (Wildman–Crippen MR) is 92.0 cm³/mol. The summed E-state index contributed by atoms with van der Waals surface area (Å²) < 4.78 is 0. The Morgan fingerprint density at radius 1 is 0.773 bits per heavy atom. The van der Waals surface area contributed by atoms with Crippen LogP contribution in [0.5, 0.6) is 0 Å². The lowest BCUT2D eigenvalue weighted by atomic mass is 10.0. The van der Waals surface area contributed by atoms with Gasteiger partial charge in [0, 0.05) is 17.0 Å². The zero-order chi connectivity index (χ0) is 14.8. The van der Waals surface area contributed by atoms with Crippen molar-refractivity contribution in [1.82, 2.24) is 0 Å². The van der Waals surface area contributed by atoms with Gasteiger partial charge in [0.25, 0.3) is 5.82 Å². The van der Waals surface area contributed by atoms with Gasteiger partial charge >= 0.3 is 0 Å². The lowest BCUT2D eigenvalue weighted by Crippen LogP contribution is -2.34. The molecule has 4 rings (SSSR count). The largest absolute Gasteiger partial charge is 0.275 e. The smallest absolute Gasteiger partial charge is 0.262 e. The van der Waals surface area contributed by atoms with E-state index in [0.717, 1.165) is 13.1 Å². The predicted octanol–water partition coefficient (Wildman–Crippen LogP) is 4.31. The maximum Gasteiger partial charge on any atom is 0.275 e. The second-order valence-electron chi connectivity index (χ2n) is 6.03. The maximum atomic E-state index is 3.63. The van der Waals surface area contributed by atoms with Crippen molar-refractivity contribution < 1.29 is 4.98 Å². The standard InChI is InChI=1S/C20H20N2/c1-3-9-16(10-4-1)18-15-20(22-13-7-2-8-14-22)21-19-12-6-5-11-17(18)19/h1,3-6,9-12,15H,2,7-8,13-14H2/p+1. The highest BCUT2D eigenvalue weighted by Crippen LogP contribution is 2.29. The molecule has 0 amide bonds. The number of nitrogens with zero attached hydrogens (tertiary/aromatic N) is 1. The van der Waals surface area contributed by atoms with Gasteiger partial charge in [-0.05, 0) is 30.9 Å². The zero-order valence-electron chi connectivity index (χ0n) is 12.8. The van der Waals surface area contributed by atoms with Crippen LogP contribution in [0, 0.1) is 0 Å². The molecule has 2 heterocycles.